The summed E-state index contributed by atoms with van der Waals surface area (Å²) >= 11 is 0. The molecule has 0 N–H and O–H groups in total. The first-order valence-corrected chi connectivity index (χ1v) is 10.6. The summed E-state index contributed by atoms with van der Waals surface area (Å²) in [6, 6.07) is 19.9. The third kappa shape index (κ3) is 6.06. The molecule has 29 heavy (non-hydrogen) atoms. The molecule has 2 aromatic carbocycles. The predicted molar refractivity (Wildman–Crippen MR) is 118 cm³/mol. The molecule has 2 aromatic rings. The molecule has 152 valence electrons. The highest BCUT2D eigenvalue weighted by Crippen LogP contribution is 2.32. The first kappa shape index (κ1) is 22.4. The summed E-state index contributed by atoms with van der Waals surface area (Å²) in [7, 11) is 0. The molecule has 0 amide bonds. The molecule has 0 saturated heterocycles. The second-order valence-electron chi connectivity index (χ2n) is 7.23. The van der Waals surface area contributed by atoms with Crippen molar-refractivity contribution < 1.29 is 9.53 Å². The van der Waals surface area contributed by atoms with E-state index in [-0.39, 0.29) is 12.2 Å². The Bertz CT molecular complexity index is 862. The molecule has 2 rings (SSSR count). The Morgan fingerprint density at radius 3 is 2.34 bits per heavy atom. The number of carbonyl (C=O) groups excluding carboxylic acids is 1. The molecule has 0 spiro atoms. The minimum atomic E-state index is -0.568. The molecule has 0 heterocycles. The van der Waals surface area contributed by atoms with Gasteiger partial charge in [0, 0.05) is 5.57 Å². The van der Waals surface area contributed by atoms with Crippen LogP contribution in [0.25, 0.3) is 5.57 Å². The summed E-state index contributed by atoms with van der Waals surface area (Å²) in [4.78, 5) is 12.6. The van der Waals surface area contributed by atoms with E-state index in [1.54, 1.807) is 6.92 Å². The molecule has 0 bridgehead atoms. The fraction of sp³-hybridized carbons (Fsp3) is 0.385. The minimum absolute atomic E-state index is 0.0621. The average molecular weight is 390 g/mol. The van der Waals surface area contributed by atoms with Crippen molar-refractivity contribution in [1.29, 1.82) is 5.26 Å². The summed E-state index contributed by atoms with van der Waals surface area (Å²) in [6.07, 6.45) is 5.64. The summed E-state index contributed by atoms with van der Waals surface area (Å²) in [6.45, 7) is 6.44. The third-order valence-corrected chi connectivity index (χ3v) is 5.24. The van der Waals surface area contributed by atoms with E-state index in [0.29, 0.717) is 11.5 Å². The van der Waals surface area contributed by atoms with Crippen molar-refractivity contribution in [2.75, 3.05) is 6.61 Å². The van der Waals surface area contributed by atoms with Gasteiger partial charge in [-0.2, -0.15) is 5.26 Å². The van der Waals surface area contributed by atoms with Crippen LogP contribution in [0.1, 0.15) is 63.1 Å². The number of benzene rings is 2. The van der Waals surface area contributed by atoms with Gasteiger partial charge in [-0.1, -0.05) is 94.1 Å². The lowest BCUT2D eigenvalue weighted by atomic mass is 9.85. The topological polar surface area (TPSA) is 50.1 Å². The van der Waals surface area contributed by atoms with Gasteiger partial charge in [-0.05, 0) is 36.0 Å². The van der Waals surface area contributed by atoms with E-state index in [0.717, 1.165) is 24.0 Å². The summed E-state index contributed by atoms with van der Waals surface area (Å²) in [5.74, 6) is 0.0166. The fourth-order valence-corrected chi connectivity index (χ4v) is 3.64. The van der Waals surface area contributed by atoms with Gasteiger partial charge in [0.15, 0.2) is 0 Å². The molecule has 0 aliphatic rings. The molecular formula is C26H31NO2. The van der Waals surface area contributed by atoms with Crippen LogP contribution in [0.3, 0.4) is 0 Å². The zero-order valence-electron chi connectivity index (χ0n) is 17.8. The average Bonchev–Trinajstić information content (AvgIpc) is 2.76. The minimum Gasteiger partial charge on any atom is -0.462 e. The van der Waals surface area contributed by atoms with Gasteiger partial charge >= 0.3 is 5.97 Å². The number of carbonyl (C=O) groups is 1. The number of hydrogen-bond acceptors (Lipinski definition) is 3. The number of esters is 1. The number of ether oxygens (including phenoxy) is 1. The van der Waals surface area contributed by atoms with Crippen LogP contribution in [0.2, 0.25) is 0 Å². The lowest BCUT2D eigenvalue weighted by Gasteiger charge is -2.19. The fourth-order valence-electron chi connectivity index (χ4n) is 3.64. The zero-order valence-corrected chi connectivity index (χ0v) is 17.8. The van der Waals surface area contributed by atoms with Gasteiger partial charge in [0.2, 0.25) is 0 Å². The largest absolute Gasteiger partial charge is 0.462 e. The molecule has 0 aromatic heterocycles. The van der Waals surface area contributed by atoms with Gasteiger partial charge < -0.3 is 4.74 Å². The lowest BCUT2D eigenvalue weighted by molar-refractivity contribution is -0.137. The van der Waals surface area contributed by atoms with Crippen molar-refractivity contribution in [1.82, 2.24) is 0 Å². The van der Waals surface area contributed by atoms with Gasteiger partial charge in [-0.3, -0.25) is 0 Å². The smallest absolute Gasteiger partial charge is 0.349 e. The Kier molecular flexibility index (Phi) is 9.18. The van der Waals surface area contributed by atoms with Crippen LogP contribution in [0.4, 0.5) is 0 Å². The summed E-state index contributed by atoms with van der Waals surface area (Å²) in [5, 5.41) is 9.84. The molecule has 0 fully saturated rings. The second kappa shape index (κ2) is 11.9. The molecule has 0 aliphatic carbocycles. The highest BCUT2D eigenvalue weighted by Gasteiger charge is 2.22. The van der Waals surface area contributed by atoms with Crippen molar-refractivity contribution in [3.63, 3.8) is 0 Å². The highest BCUT2D eigenvalue weighted by molar-refractivity contribution is 6.05. The number of nitriles is 1. The molecule has 1 atom stereocenters. The Balaban J connectivity index is 2.61. The van der Waals surface area contributed by atoms with Gasteiger partial charge in [0.05, 0.1) is 6.61 Å². The van der Waals surface area contributed by atoms with Crippen molar-refractivity contribution in [3.8, 4) is 6.07 Å². The van der Waals surface area contributed by atoms with Crippen LogP contribution in [0, 0.1) is 17.2 Å². The molecule has 0 aliphatic heterocycles. The molecule has 3 nitrogen and oxygen atoms in total. The number of nitrogens with zero attached hydrogens (tertiary/aromatic N) is 1. The van der Waals surface area contributed by atoms with Gasteiger partial charge in [-0.15, -0.1) is 0 Å². The molecular weight excluding hydrogens is 358 g/mol. The van der Waals surface area contributed by atoms with Gasteiger partial charge in [0.1, 0.15) is 11.6 Å². The molecule has 0 saturated carbocycles. The zero-order chi connectivity index (χ0) is 21.1. The van der Waals surface area contributed by atoms with E-state index in [2.05, 4.69) is 26.0 Å². The maximum atomic E-state index is 12.6. The number of hydrogen-bond donors (Lipinski definition) is 0. The lowest BCUT2D eigenvalue weighted by Crippen LogP contribution is -2.11. The Morgan fingerprint density at radius 1 is 1.03 bits per heavy atom. The normalized spacial score (nSPS) is 12.6. The maximum Gasteiger partial charge on any atom is 0.349 e. The van der Waals surface area contributed by atoms with Crippen LogP contribution in [0.15, 0.2) is 60.2 Å². The Morgan fingerprint density at radius 2 is 1.72 bits per heavy atom. The second-order valence-corrected chi connectivity index (χ2v) is 7.23. The van der Waals surface area contributed by atoms with Crippen LogP contribution >= 0.6 is 0 Å². The van der Waals surface area contributed by atoms with Gasteiger partial charge in [-0.25, -0.2) is 4.79 Å². The number of rotatable bonds is 10. The van der Waals surface area contributed by atoms with Crippen molar-refractivity contribution in [2.45, 2.75) is 52.9 Å². The summed E-state index contributed by atoms with van der Waals surface area (Å²) < 4.78 is 5.19. The maximum absolute atomic E-state index is 12.6. The quantitative estimate of drug-likeness (QED) is 0.271. The van der Waals surface area contributed by atoms with E-state index in [4.69, 9.17) is 4.74 Å². The standard InChI is InChI=1S/C26H31NO2/c1-4-7-13-20(5-2)18-22-16-11-12-17-23(22)25(21-14-9-8-10-15-21)24(19-27)26(28)29-6-3/h8-12,14-17,20H,4-7,13,18H2,1-3H3. The summed E-state index contributed by atoms with van der Waals surface area (Å²) in [5.41, 5.74) is 3.69. The van der Waals surface area contributed by atoms with E-state index in [9.17, 15) is 10.1 Å². The Labute approximate surface area is 175 Å². The van der Waals surface area contributed by atoms with Gasteiger partial charge in [0.25, 0.3) is 0 Å². The van der Waals surface area contributed by atoms with E-state index in [1.165, 1.54) is 24.8 Å². The third-order valence-electron chi connectivity index (χ3n) is 5.24. The van der Waals surface area contributed by atoms with E-state index >= 15 is 0 Å². The SMILES string of the molecule is CCCCC(CC)Cc1ccccc1C(=C(C#N)C(=O)OCC)c1ccccc1. The van der Waals surface area contributed by atoms with Crippen molar-refractivity contribution in [2.24, 2.45) is 5.92 Å². The van der Waals surface area contributed by atoms with Crippen LogP contribution < -0.4 is 0 Å². The van der Waals surface area contributed by atoms with Crippen LogP contribution in [-0.4, -0.2) is 12.6 Å². The molecule has 3 heteroatoms. The highest BCUT2D eigenvalue weighted by atomic mass is 16.5. The Hall–Kier alpha value is -2.86. The van der Waals surface area contributed by atoms with Crippen molar-refractivity contribution in [3.05, 3.63) is 76.9 Å². The monoisotopic (exact) mass is 389 g/mol. The first-order valence-electron chi connectivity index (χ1n) is 10.6. The van der Waals surface area contributed by atoms with Crippen molar-refractivity contribution >= 4 is 11.5 Å². The molecule has 0 radical (unpaired) electrons. The van der Waals surface area contributed by atoms with E-state index < -0.39 is 5.97 Å². The predicted octanol–water partition coefficient (Wildman–Crippen LogP) is 6.33. The number of unbranched alkanes of at least 4 members (excludes halogenated alkanes) is 1. The van der Waals surface area contributed by atoms with E-state index in [1.807, 2.05) is 48.5 Å². The van der Waals surface area contributed by atoms with Crippen LogP contribution in [0.5, 0.6) is 0 Å². The first-order chi connectivity index (χ1) is 14.2. The van der Waals surface area contributed by atoms with Crippen LogP contribution in [-0.2, 0) is 16.0 Å². The molecule has 1 unspecified atom stereocenters.